The van der Waals surface area contributed by atoms with Gasteiger partial charge in [0.05, 0.1) is 5.56 Å². The monoisotopic (exact) mass is 389 g/mol. The number of carbonyl (C=O) groups excluding carboxylic acids is 1. The SMILES string of the molecule is O=C(NCCSC1CCCCC1)c1ccccc1I. The van der Waals surface area contributed by atoms with Crippen molar-refractivity contribution in [2.75, 3.05) is 12.3 Å². The standard InChI is InChI=1S/C15H20INOS/c16-14-9-5-4-8-13(14)15(18)17-10-11-19-12-6-2-1-3-7-12/h4-5,8-9,12H,1-3,6-7,10-11H2,(H,17,18). The van der Waals surface area contributed by atoms with Crippen molar-refractivity contribution in [3.8, 4) is 0 Å². The first-order valence-electron chi connectivity index (χ1n) is 6.91. The molecule has 0 radical (unpaired) electrons. The van der Waals surface area contributed by atoms with Crippen LogP contribution in [0.15, 0.2) is 24.3 Å². The second-order valence-electron chi connectivity index (χ2n) is 4.87. The van der Waals surface area contributed by atoms with E-state index < -0.39 is 0 Å². The number of nitrogens with one attached hydrogen (secondary N) is 1. The molecule has 0 spiro atoms. The van der Waals surface area contributed by atoms with E-state index in [-0.39, 0.29) is 5.91 Å². The maximum absolute atomic E-state index is 12.0. The molecule has 0 unspecified atom stereocenters. The molecule has 1 aromatic carbocycles. The highest BCUT2D eigenvalue weighted by Gasteiger charge is 2.13. The second-order valence-corrected chi connectivity index (χ2v) is 7.44. The van der Waals surface area contributed by atoms with E-state index in [9.17, 15) is 4.79 Å². The van der Waals surface area contributed by atoms with Crippen molar-refractivity contribution >= 4 is 40.3 Å². The van der Waals surface area contributed by atoms with Gasteiger partial charge in [-0.3, -0.25) is 4.79 Å². The third-order valence-corrected chi connectivity index (χ3v) is 5.74. The molecule has 1 aliphatic carbocycles. The van der Waals surface area contributed by atoms with E-state index in [0.717, 1.165) is 26.7 Å². The Morgan fingerprint density at radius 1 is 1.26 bits per heavy atom. The molecule has 0 heterocycles. The van der Waals surface area contributed by atoms with Crippen LogP contribution < -0.4 is 5.32 Å². The number of hydrogen-bond donors (Lipinski definition) is 1. The van der Waals surface area contributed by atoms with Crippen LogP contribution in [-0.2, 0) is 0 Å². The number of rotatable bonds is 5. The fraction of sp³-hybridized carbons (Fsp3) is 0.533. The number of hydrogen-bond acceptors (Lipinski definition) is 2. The highest BCUT2D eigenvalue weighted by Crippen LogP contribution is 2.27. The summed E-state index contributed by atoms with van der Waals surface area (Å²) in [4.78, 5) is 12.0. The molecule has 1 N–H and O–H groups in total. The molecule has 19 heavy (non-hydrogen) atoms. The summed E-state index contributed by atoms with van der Waals surface area (Å²) in [6.45, 7) is 0.769. The van der Waals surface area contributed by atoms with Gasteiger partial charge in [0, 0.05) is 21.1 Å². The van der Waals surface area contributed by atoms with E-state index in [1.165, 1.54) is 32.1 Å². The molecule has 1 amide bonds. The normalized spacial score (nSPS) is 16.3. The summed E-state index contributed by atoms with van der Waals surface area (Å²) >= 11 is 4.23. The van der Waals surface area contributed by atoms with Crippen LogP contribution in [0.4, 0.5) is 0 Å². The van der Waals surface area contributed by atoms with Gasteiger partial charge in [0.1, 0.15) is 0 Å². The predicted octanol–water partition coefficient (Wildman–Crippen LogP) is 4.09. The summed E-state index contributed by atoms with van der Waals surface area (Å²) in [6.07, 6.45) is 6.88. The summed E-state index contributed by atoms with van der Waals surface area (Å²) < 4.78 is 1.01. The topological polar surface area (TPSA) is 29.1 Å². The number of halogens is 1. The first kappa shape index (κ1) is 15.2. The molecule has 1 aromatic rings. The minimum Gasteiger partial charge on any atom is -0.351 e. The van der Waals surface area contributed by atoms with E-state index in [1.54, 1.807) is 0 Å². The van der Waals surface area contributed by atoms with Crippen LogP contribution in [0.1, 0.15) is 42.5 Å². The average molecular weight is 389 g/mol. The highest BCUT2D eigenvalue weighted by atomic mass is 127. The van der Waals surface area contributed by atoms with Crippen LogP contribution in [0.3, 0.4) is 0 Å². The molecule has 1 fully saturated rings. The van der Waals surface area contributed by atoms with Crippen LogP contribution in [0.2, 0.25) is 0 Å². The Bertz CT molecular complexity index is 418. The van der Waals surface area contributed by atoms with Crippen molar-refractivity contribution in [3.63, 3.8) is 0 Å². The van der Waals surface area contributed by atoms with Gasteiger partial charge in [0.2, 0.25) is 0 Å². The van der Waals surface area contributed by atoms with E-state index in [4.69, 9.17) is 0 Å². The van der Waals surface area contributed by atoms with Gasteiger partial charge in [0.25, 0.3) is 5.91 Å². The molecule has 0 saturated heterocycles. The Labute approximate surface area is 133 Å². The van der Waals surface area contributed by atoms with Crippen molar-refractivity contribution in [2.24, 2.45) is 0 Å². The lowest BCUT2D eigenvalue weighted by molar-refractivity contribution is 0.0955. The zero-order valence-electron chi connectivity index (χ0n) is 11.0. The molecule has 0 aromatic heterocycles. The van der Waals surface area contributed by atoms with Crippen LogP contribution in [0.25, 0.3) is 0 Å². The maximum Gasteiger partial charge on any atom is 0.252 e. The van der Waals surface area contributed by atoms with Crippen LogP contribution in [0.5, 0.6) is 0 Å². The zero-order valence-corrected chi connectivity index (χ0v) is 14.0. The van der Waals surface area contributed by atoms with Crippen molar-refractivity contribution in [1.29, 1.82) is 0 Å². The maximum atomic E-state index is 12.0. The van der Waals surface area contributed by atoms with Gasteiger partial charge >= 0.3 is 0 Å². The fourth-order valence-electron chi connectivity index (χ4n) is 2.36. The molecule has 2 rings (SSSR count). The van der Waals surface area contributed by atoms with Gasteiger partial charge in [0.15, 0.2) is 0 Å². The molecule has 104 valence electrons. The van der Waals surface area contributed by atoms with Gasteiger partial charge < -0.3 is 5.32 Å². The first-order chi connectivity index (χ1) is 9.27. The summed E-state index contributed by atoms with van der Waals surface area (Å²) in [6, 6.07) is 7.71. The van der Waals surface area contributed by atoms with Crippen molar-refractivity contribution in [2.45, 2.75) is 37.4 Å². The Hall–Kier alpha value is -0.230. The molecule has 0 bridgehead atoms. The Morgan fingerprint density at radius 3 is 2.74 bits per heavy atom. The van der Waals surface area contributed by atoms with Gasteiger partial charge in [-0.15, -0.1) is 0 Å². The summed E-state index contributed by atoms with van der Waals surface area (Å²) in [5, 5.41) is 3.84. The minimum atomic E-state index is 0.0502. The predicted molar refractivity (Wildman–Crippen MR) is 90.8 cm³/mol. The van der Waals surface area contributed by atoms with E-state index in [2.05, 4.69) is 27.9 Å². The van der Waals surface area contributed by atoms with Crippen molar-refractivity contribution in [3.05, 3.63) is 33.4 Å². The summed E-state index contributed by atoms with van der Waals surface area (Å²) in [5.41, 5.74) is 0.783. The molecular formula is C15H20INOS. The zero-order chi connectivity index (χ0) is 13.5. The molecule has 0 aliphatic heterocycles. The van der Waals surface area contributed by atoms with E-state index >= 15 is 0 Å². The lowest BCUT2D eigenvalue weighted by Gasteiger charge is -2.20. The second kappa shape index (κ2) is 8.15. The summed E-state index contributed by atoms with van der Waals surface area (Å²) in [7, 11) is 0. The lowest BCUT2D eigenvalue weighted by Crippen LogP contribution is -2.27. The van der Waals surface area contributed by atoms with E-state index in [1.807, 2.05) is 36.0 Å². The van der Waals surface area contributed by atoms with E-state index in [0.29, 0.717) is 0 Å². The number of carbonyl (C=O) groups is 1. The Kier molecular flexibility index (Phi) is 6.50. The van der Waals surface area contributed by atoms with Crippen LogP contribution in [-0.4, -0.2) is 23.5 Å². The highest BCUT2D eigenvalue weighted by molar-refractivity contribution is 14.1. The van der Waals surface area contributed by atoms with Gasteiger partial charge in [-0.1, -0.05) is 31.4 Å². The summed E-state index contributed by atoms with van der Waals surface area (Å²) in [5.74, 6) is 1.08. The number of benzene rings is 1. The third kappa shape index (κ3) is 4.99. The first-order valence-corrected chi connectivity index (χ1v) is 9.04. The smallest absolute Gasteiger partial charge is 0.252 e. The fourth-order valence-corrected chi connectivity index (χ4v) is 4.21. The molecule has 2 nitrogen and oxygen atoms in total. The van der Waals surface area contributed by atoms with Crippen LogP contribution in [0, 0.1) is 3.57 Å². The van der Waals surface area contributed by atoms with Crippen molar-refractivity contribution < 1.29 is 4.79 Å². The molecular weight excluding hydrogens is 369 g/mol. The van der Waals surface area contributed by atoms with Crippen LogP contribution >= 0.6 is 34.4 Å². The molecule has 4 heteroatoms. The average Bonchev–Trinajstić information content (AvgIpc) is 2.45. The minimum absolute atomic E-state index is 0.0502. The van der Waals surface area contributed by atoms with Gasteiger partial charge in [-0.25, -0.2) is 0 Å². The Morgan fingerprint density at radius 2 is 2.00 bits per heavy atom. The molecule has 0 atom stereocenters. The Balaban J connectivity index is 1.68. The number of thioether (sulfide) groups is 1. The molecule has 1 aliphatic rings. The van der Waals surface area contributed by atoms with Gasteiger partial charge in [-0.05, 0) is 47.6 Å². The number of amides is 1. The largest absolute Gasteiger partial charge is 0.351 e. The third-order valence-electron chi connectivity index (χ3n) is 3.41. The lowest BCUT2D eigenvalue weighted by atomic mass is 10.0. The van der Waals surface area contributed by atoms with Crippen molar-refractivity contribution in [1.82, 2.24) is 5.32 Å². The molecule has 1 saturated carbocycles. The van der Waals surface area contributed by atoms with Gasteiger partial charge in [-0.2, -0.15) is 11.8 Å². The quantitative estimate of drug-likeness (QED) is 0.607.